The summed E-state index contributed by atoms with van der Waals surface area (Å²) in [5, 5.41) is 3.10. The Hall–Kier alpha value is -3.46. The van der Waals surface area contributed by atoms with Gasteiger partial charge in [-0.25, -0.2) is 0 Å². The van der Waals surface area contributed by atoms with Crippen LogP contribution >= 0.6 is 0 Å². The normalized spacial score (nSPS) is 16.1. The van der Waals surface area contributed by atoms with Gasteiger partial charge in [0.25, 0.3) is 0 Å². The van der Waals surface area contributed by atoms with Gasteiger partial charge in [0.2, 0.25) is 12.7 Å². The number of hydrogen-bond acceptors (Lipinski definition) is 4. The molecular formula is C23H22N2O4. The number of amides is 2. The standard InChI is InChI=1S/C23H22N2O4/c1-2-21(26)25(18-12-13-19-20(14-18)29-15-28-19)22(16-8-4-3-5-9-16)23(27)24-17-10-6-7-11-17/h1,3-5,8-9,12-14,17,22H,6-7,10-11,15H2,(H,24,27)/t22-/m0/s1. The highest BCUT2D eigenvalue weighted by Gasteiger charge is 2.34. The number of nitrogens with one attached hydrogen (secondary N) is 1. The molecule has 4 rings (SSSR count). The minimum atomic E-state index is -0.888. The van der Waals surface area contributed by atoms with Crippen molar-refractivity contribution in [3.05, 3.63) is 54.1 Å². The Morgan fingerprint density at radius 2 is 1.79 bits per heavy atom. The number of benzene rings is 2. The third-order valence-electron chi connectivity index (χ3n) is 5.30. The average molecular weight is 390 g/mol. The lowest BCUT2D eigenvalue weighted by Crippen LogP contribution is -2.46. The lowest BCUT2D eigenvalue weighted by atomic mass is 10.0. The summed E-state index contributed by atoms with van der Waals surface area (Å²) in [4.78, 5) is 27.5. The molecule has 2 aromatic carbocycles. The predicted octanol–water partition coefficient (Wildman–Crippen LogP) is 3.18. The molecule has 1 atom stereocenters. The highest BCUT2D eigenvalue weighted by molar-refractivity contribution is 6.09. The number of carbonyl (C=O) groups is 2. The van der Waals surface area contributed by atoms with Crippen LogP contribution in [0, 0.1) is 12.3 Å². The fraction of sp³-hybridized carbons (Fsp3) is 0.304. The van der Waals surface area contributed by atoms with Crippen molar-refractivity contribution in [1.29, 1.82) is 0 Å². The van der Waals surface area contributed by atoms with E-state index in [0.29, 0.717) is 22.7 Å². The van der Waals surface area contributed by atoms with Crippen LogP contribution in [0.3, 0.4) is 0 Å². The van der Waals surface area contributed by atoms with Crippen LogP contribution in [0.4, 0.5) is 5.69 Å². The van der Waals surface area contributed by atoms with E-state index in [9.17, 15) is 9.59 Å². The molecule has 0 radical (unpaired) electrons. The quantitative estimate of drug-likeness (QED) is 0.797. The topological polar surface area (TPSA) is 67.9 Å². The molecule has 0 bridgehead atoms. The van der Waals surface area contributed by atoms with Crippen molar-refractivity contribution in [3.63, 3.8) is 0 Å². The van der Waals surface area contributed by atoms with Crippen molar-refractivity contribution in [2.24, 2.45) is 0 Å². The number of nitrogens with zero attached hydrogens (tertiary/aromatic N) is 1. The second-order valence-electron chi connectivity index (χ2n) is 7.16. The molecule has 2 aliphatic rings. The number of rotatable bonds is 5. The van der Waals surface area contributed by atoms with Gasteiger partial charge in [-0.2, -0.15) is 0 Å². The van der Waals surface area contributed by atoms with Crippen LogP contribution in [-0.2, 0) is 9.59 Å². The van der Waals surface area contributed by atoms with Gasteiger partial charge in [-0.1, -0.05) is 43.2 Å². The zero-order chi connectivity index (χ0) is 20.2. The van der Waals surface area contributed by atoms with E-state index in [4.69, 9.17) is 15.9 Å². The molecule has 1 fully saturated rings. The number of hydrogen-bond donors (Lipinski definition) is 1. The molecule has 2 amide bonds. The van der Waals surface area contributed by atoms with E-state index >= 15 is 0 Å². The van der Waals surface area contributed by atoms with Gasteiger partial charge in [0.1, 0.15) is 6.04 Å². The highest BCUT2D eigenvalue weighted by Crippen LogP contribution is 2.38. The summed E-state index contributed by atoms with van der Waals surface area (Å²) < 4.78 is 10.8. The second-order valence-corrected chi connectivity index (χ2v) is 7.16. The maximum Gasteiger partial charge on any atom is 0.303 e. The Kier molecular flexibility index (Phi) is 5.39. The first-order chi connectivity index (χ1) is 14.2. The Balaban J connectivity index is 1.75. The maximum absolute atomic E-state index is 13.3. The SMILES string of the molecule is C#CC(=O)N(c1ccc2c(c1)OCO2)[C@H](C(=O)NC1CCCC1)c1ccccc1. The molecule has 6 heteroatoms. The maximum atomic E-state index is 13.3. The molecule has 0 unspecified atom stereocenters. The number of ether oxygens (including phenoxy) is 2. The first-order valence-corrected chi connectivity index (χ1v) is 9.72. The summed E-state index contributed by atoms with van der Waals surface area (Å²) in [6, 6.07) is 13.5. The van der Waals surface area contributed by atoms with Crippen molar-refractivity contribution in [2.75, 3.05) is 11.7 Å². The molecule has 1 aliphatic heterocycles. The Morgan fingerprint density at radius 1 is 1.07 bits per heavy atom. The fourth-order valence-electron chi connectivity index (χ4n) is 3.89. The summed E-state index contributed by atoms with van der Waals surface area (Å²) in [6.45, 7) is 0.117. The molecule has 1 saturated carbocycles. The average Bonchev–Trinajstić information content (AvgIpc) is 3.43. The first kappa shape index (κ1) is 18.9. The lowest BCUT2D eigenvalue weighted by molar-refractivity contribution is -0.125. The molecule has 1 heterocycles. The van der Waals surface area contributed by atoms with Crippen LogP contribution in [0.5, 0.6) is 11.5 Å². The molecule has 0 saturated heterocycles. The minimum absolute atomic E-state index is 0.117. The summed E-state index contributed by atoms with van der Waals surface area (Å²) in [7, 11) is 0. The van der Waals surface area contributed by atoms with Crippen molar-refractivity contribution in [3.8, 4) is 23.8 Å². The molecule has 2 aromatic rings. The highest BCUT2D eigenvalue weighted by atomic mass is 16.7. The molecule has 0 spiro atoms. The molecule has 1 aliphatic carbocycles. The van der Waals surface area contributed by atoms with Crippen LogP contribution in [0.15, 0.2) is 48.5 Å². The van der Waals surface area contributed by atoms with E-state index in [2.05, 4.69) is 11.2 Å². The largest absolute Gasteiger partial charge is 0.454 e. The second kappa shape index (κ2) is 8.27. The third kappa shape index (κ3) is 3.90. The van der Waals surface area contributed by atoms with E-state index in [-0.39, 0.29) is 18.7 Å². The lowest BCUT2D eigenvalue weighted by Gasteiger charge is -2.31. The minimum Gasteiger partial charge on any atom is -0.454 e. The van der Waals surface area contributed by atoms with Crippen LogP contribution in [0.1, 0.15) is 37.3 Å². The Bertz CT molecular complexity index is 945. The van der Waals surface area contributed by atoms with Crippen LogP contribution in [0.2, 0.25) is 0 Å². The smallest absolute Gasteiger partial charge is 0.303 e. The van der Waals surface area contributed by atoms with Gasteiger partial charge in [-0.05, 0) is 36.5 Å². The molecule has 6 nitrogen and oxygen atoms in total. The van der Waals surface area contributed by atoms with Crippen molar-refractivity contribution in [1.82, 2.24) is 5.32 Å². The monoisotopic (exact) mass is 390 g/mol. The molecule has 148 valence electrons. The first-order valence-electron chi connectivity index (χ1n) is 9.72. The van der Waals surface area contributed by atoms with E-state index < -0.39 is 11.9 Å². The molecule has 1 N–H and O–H groups in total. The summed E-state index contributed by atoms with van der Waals surface area (Å²) in [6.07, 6.45) is 9.55. The number of fused-ring (bicyclic) bond motifs is 1. The zero-order valence-corrected chi connectivity index (χ0v) is 16.0. The summed E-state index contributed by atoms with van der Waals surface area (Å²) in [5.41, 5.74) is 1.16. The van der Waals surface area contributed by atoms with Gasteiger partial charge in [0, 0.05) is 17.8 Å². The fourth-order valence-corrected chi connectivity index (χ4v) is 3.89. The van der Waals surface area contributed by atoms with Crippen LogP contribution < -0.4 is 19.7 Å². The summed E-state index contributed by atoms with van der Waals surface area (Å²) >= 11 is 0. The number of anilines is 1. The molecular weight excluding hydrogens is 368 g/mol. The predicted molar refractivity (Wildman–Crippen MR) is 108 cm³/mol. The molecule has 29 heavy (non-hydrogen) atoms. The Morgan fingerprint density at radius 3 is 2.52 bits per heavy atom. The number of terminal acetylenes is 1. The van der Waals surface area contributed by atoms with Gasteiger partial charge >= 0.3 is 5.91 Å². The van der Waals surface area contributed by atoms with E-state index in [0.717, 1.165) is 25.7 Å². The number of carbonyl (C=O) groups excluding carboxylic acids is 2. The van der Waals surface area contributed by atoms with Crippen molar-refractivity contribution < 1.29 is 19.1 Å². The van der Waals surface area contributed by atoms with Gasteiger partial charge in [0.05, 0.1) is 0 Å². The van der Waals surface area contributed by atoms with Gasteiger partial charge < -0.3 is 14.8 Å². The van der Waals surface area contributed by atoms with Crippen molar-refractivity contribution in [2.45, 2.75) is 37.8 Å². The summed E-state index contributed by atoms with van der Waals surface area (Å²) in [5.74, 6) is 2.43. The third-order valence-corrected chi connectivity index (χ3v) is 5.30. The van der Waals surface area contributed by atoms with E-state index in [1.165, 1.54) is 4.90 Å². The van der Waals surface area contributed by atoms with E-state index in [1.807, 2.05) is 30.3 Å². The zero-order valence-electron chi connectivity index (χ0n) is 16.0. The molecule has 0 aromatic heterocycles. The Labute approximate surface area is 169 Å². The van der Waals surface area contributed by atoms with Crippen LogP contribution in [-0.4, -0.2) is 24.6 Å². The van der Waals surface area contributed by atoms with Gasteiger partial charge in [0.15, 0.2) is 11.5 Å². The van der Waals surface area contributed by atoms with Gasteiger partial charge in [-0.15, -0.1) is 6.42 Å². The van der Waals surface area contributed by atoms with Crippen molar-refractivity contribution >= 4 is 17.5 Å². The van der Waals surface area contributed by atoms with Crippen LogP contribution in [0.25, 0.3) is 0 Å². The van der Waals surface area contributed by atoms with Gasteiger partial charge in [-0.3, -0.25) is 14.5 Å². The van der Waals surface area contributed by atoms with E-state index in [1.54, 1.807) is 18.2 Å².